The van der Waals surface area contributed by atoms with E-state index in [2.05, 4.69) is 53.0 Å². The van der Waals surface area contributed by atoms with Crippen LogP contribution in [0.3, 0.4) is 0 Å². The van der Waals surface area contributed by atoms with Gasteiger partial charge in [0.1, 0.15) is 0 Å². The molecule has 1 aliphatic rings. The van der Waals surface area contributed by atoms with E-state index in [1.165, 1.54) is 5.56 Å². The monoisotopic (exact) mass is 444 g/mol. The van der Waals surface area contributed by atoms with Gasteiger partial charge in [-0.25, -0.2) is 0 Å². The zero-order valence-electron chi connectivity index (χ0n) is 19.8. The van der Waals surface area contributed by atoms with Crippen LogP contribution in [-0.4, -0.2) is 45.4 Å². The summed E-state index contributed by atoms with van der Waals surface area (Å²) in [5, 5.41) is 3.20. The van der Waals surface area contributed by atoms with Crippen molar-refractivity contribution in [3.05, 3.63) is 82.9 Å². The van der Waals surface area contributed by atoms with Gasteiger partial charge in [0.05, 0.1) is 5.56 Å². The number of carbonyl (C=O) groups excluding carboxylic acids is 2. The zero-order chi connectivity index (χ0) is 23.5. The second-order valence-corrected chi connectivity index (χ2v) is 9.15. The molecule has 0 spiro atoms. The molecule has 33 heavy (non-hydrogen) atoms. The van der Waals surface area contributed by atoms with Crippen molar-refractivity contribution in [3.63, 3.8) is 0 Å². The lowest BCUT2D eigenvalue weighted by molar-refractivity contribution is 0.0698. The van der Waals surface area contributed by atoms with Crippen LogP contribution in [0.4, 0.5) is 0 Å². The maximum absolute atomic E-state index is 13.1. The number of piperidine rings is 1. The molecule has 0 atom stereocenters. The average Bonchev–Trinajstić information content (AvgIpc) is 3.13. The number of benzene rings is 1. The van der Waals surface area contributed by atoms with E-state index < -0.39 is 0 Å². The average molecular weight is 445 g/mol. The van der Waals surface area contributed by atoms with Crippen molar-refractivity contribution in [1.29, 1.82) is 0 Å². The van der Waals surface area contributed by atoms with E-state index in [9.17, 15) is 9.59 Å². The van der Waals surface area contributed by atoms with Crippen molar-refractivity contribution in [1.82, 2.24) is 19.8 Å². The Kier molecular flexibility index (Phi) is 6.63. The lowest BCUT2D eigenvalue weighted by atomic mass is 10.0. The van der Waals surface area contributed by atoms with Crippen LogP contribution in [0.25, 0.3) is 5.69 Å². The molecule has 6 nitrogen and oxygen atoms in total. The van der Waals surface area contributed by atoms with E-state index in [0.29, 0.717) is 30.1 Å². The molecule has 0 bridgehead atoms. The Morgan fingerprint density at radius 2 is 1.73 bits per heavy atom. The van der Waals surface area contributed by atoms with E-state index in [1.807, 2.05) is 24.8 Å². The molecule has 1 aliphatic heterocycles. The van der Waals surface area contributed by atoms with Crippen LogP contribution in [0.5, 0.6) is 0 Å². The van der Waals surface area contributed by atoms with Gasteiger partial charge in [-0.3, -0.25) is 14.6 Å². The number of rotatable bonds is 5. The van der Waals surface area contributed by atoms with Crippen molar-refractivity contribution < 1.29 is 9.59 Å². The summed E-state index contributed by atoms with van der Waals surface area (Å²) in [6.45, 7) is 9.67. The van der Waals surface area contributed by atoms with E-state index in [-0.39, 0.29) is 17.9 Å². The van der Waals surface area contributed by atoms with Crippen LogP contribution in [0.15, 0.2) is 54.9 Å². The highest BCUT2D eigenvalue weighted by Crippen LogP contribution is 2.24. The van der Waals surface area contributed by atoms with Crippen LogP contribution < -0.4 is 5.32 Å². The Balaban J connectivity index is 1.42. The second-order valence-electron chi connectivity index (χ2n) is 9.15. The van der Waals surface area contributed by atoms with Gasteiger partial charge in [-0.15, -0.1) is 0 Å². The summed E-state index contributed by atoms with van der Waals surface area (Å²) >= 11 is 0. The molecule has 0 saturated carbocycles. The van der Waals surface area contributed by atoms with Crippen molar-refractivity contribution in [2.45, 2.75) is 52.5 Å². The van der Waals surface area contributed by atoms with E-state index in [4.69, 9.17) is 0 Å². The van der Waals surface area contributed by atoms with E-state index in [1.54, 1.807) is 24.5 Å². The molecule has 6 heteroatoms. The first kappa shape index (κ1) is 22.8. The first-order valence-corrected chi connectivity index (χ1v) is 11.6. The summed E-state index contributed by atoms with van der Waals surface area (Å²) in [5.41, 5.74) is 5.70. The van der Waals surface area contributed by atoms with Crippen LogP contribution >= 0.6 is 0 Å². The molecule has 172 valence electrons. The SMILES string of the molecule is Cc1cc(C(=O)NC2CCN(C(=O)c3ccncc3)CC2)c(C)n1-c1cccc(C(C)C)c1. The van der Waals surface area contributed by atoms with Crippen LogP contribution in [0, 0.1) is 13.8 Å². The summed E-state index contributed by atoms with van der Waals surface area (Å²) in [6, 6.07) is 14.0. The molecule has 1 fully saturated rings. The minimum atomic E-state index is -0.0479. The van der Waals surface area contributed by atoms with Gasteiger partial charge in [0.2, 0.25) is 0 Å². The molecule has 1 saturated heterocycles. The molecule has 0 radical (unpaired) electrons. The largest absolute Gasteiger partial charge is 0.349 e. The fourth-order valence-corrected chi connectivity index (χ4v) is 4.58. The fourth-order valence-electron chi connectivity index (χ4n) is 4.58. The first-order chi connectivity index (χ1) is 15.8. The predicted molar refractivity (Wildman–Crippen MR) is 130 cm³/mol. The van der Waals surface area contributed by atoms with E-state index >= 15 is 0 Å². The number of aromatic nitrogens is 2. The standard InChI is InChI=1S/C27H32N4O2/c1-18(2)22-6-5-7-24(17-22)31-19(3)16-25(20(31)4)26(32)29-23-10-14-30(15-11-23)27(33)21-8-12-28-13-9-21/h5-9,12-13,16-18,23H,10-11,14-15H2,1-4H3,(H,29,32). The summed E-state index contributed by atoms with van der Waals surface area (Å²) in [7, 11) is 0. The second kappa shape index (κ2) is 9.61. The van der Waals surface area contributed by atoms with Gasteiger partial charge in [-0.1, -0.05) is 26.0 Å². The van der Waals surface area contributed by atoms with Crippen molar-refractivity contribution >= 4 is 11.8 Å². The molecule has 1 aromatic carbocycles. The molecule has 2 aromatic heterocycles. The number of hydrogen-bond donors (Lipinski definition) is 1. The summed E-state index contributed by atoms with van der Waals surface area (Å²) in [5.74, 6) is 0.419. The third-order valence-electron chi connectivity index (χ3n) is 6.52. The number of nitrogens with one attached hydrogen (secondary N) is 1. The molecular formula is C27H32N4O2. The van der Waals surface area contributed by atoms with Gasteiger partial charge in [0.25, 0.3) is 11.8 Å². The summed E-state index contributed by atoms with van der Waals surface area (Å²) in [6.07, 6.45) is 4.76. The van der Waals surface area contributed by atoms with Crippen molar-refractivity contribution in [2.75, 3.05) is 13.1 Å². The fraction of sp³-hybridized carbons (Fsp3) is 0.370. The first-order valence-electron chi connectivity index (χ1n) is 11.6. The Hall–Kier alpha value is -3.41. The van der Waals surface area contributed by atoms with Crippen LogP contribution in [0.2, 0.25) is 0 Å². The third kappa shape index (κ3) is 4.85. The number of aryl methyl sites for hydroxylation is 1. The molecule has 4 rings (SSSR count). The Bertz CT molecular complexity index is 1140. The highest BCUT2D eigenvalue weighted by Gasteiger charge is 2.26. The van der Waals surface area contributed by atoms with E-state index in [0.717, 1.165) is 29.9 Å². The normalized spacial score (nSPS) is 14.5. The molecule has 0 unspecified atom stereocenters. The lowest BCUT2D eigenvalue weighted by Crippen LogP contribution is -2.46. The summed E-state index contributed by atoms with van der Waals surface area (Å²) in [4.78, 5) is 31.6. The molecule has 1 N–H and O–H groups in total. The number of amides is 2. The Morgan fingerprint density at radius 3 is 2.39 bits per heavy atom. The number of nitrogens with zero attached hydrogens (tertiary/aromatic N) is 3. The lowest BCUT2D eigenvalue weighted by Gasteiger charge is -2.32. The smallest absolute Gasteiger partial charge is 0.253 e. The molecule has 0 aliphatic carbocycles. The number of carbonyl (C=O) groups is 2. The van der Waals surface area contributed by atoms with Crippen molar-refractivity contribution in [3.8, 4) is 5.69 Å². The predicted octanol–water partition coefficient (Wildman–Crippen LogP) is 4.65. The van der Waals surface area contributed by atoms with Gasteiger partial charge < -0.3 is 14.8 Å². The zero-order valence-corrected chi connectivity index (χ0v) is 19.8. The molecular weight excluding hydrogens is 412 g/mol. The Labute approximate surface area is 195 Å². The highest BCUT2D eigenvalue weighted by atomic mass is 16.2. The van der Waals surface area contributed by atoms with Gasteiger partial charge in [-0.2, -0.15) is 0 Å². The maximum atomic E-state index is 13.1. The van der Waals surface area contributed by atoms with Gasteiger partial charge in [0.15, 0.2) is 0 Å². The Morgan fingerprint density at radius 1 is 1.03 bits per heavy atom. The van der Waals surface area contributed by atoms with Crippen molar-refractivity contribution in [2.24, 2.45) is 0 Å². The van der Waals surface area contributed by atoms with Gasteiger partial charge in [0, 0.05) is 54.2 Å². The number of pyridine rings is 1. The van der Waals surface area contributed by atoms with Crippen LogP contribution in [-0.2, 0) is 0 Å². The molecule has 3 heterocycles. The molecule has 3 aromatic rings. The highest BCUT2D eigenvalue weighted by molar-refractivity contribution is 5.96. The number of likely N-dealkylation sites (tertiary alicyclic amines) is 1. The summed E-state index contributed by atoms with van der Waals surface area (Å²) < 4.78 is 2.15. The quantitative estimate of drug-likeness (QED) is 0.623. The maximum Gasteiger partial charge on any atom is 0.253 e. The third-order valence-corrected chi connectivity index (χ3v) is 6.52. The van der Waals surface area contributed by atoms with Gasteiger partial charge in [-0.05, 0) is 68.5 Å². The van der Waals surface area contributed by atoms with Gasteiger partial charge >= 0.3 is 0 Å². The minimum Gasteiger partial charge on any atom is -0.349 e. The minimum absolute atomic E-state index is 0.0225. The van der Waals surface area contributed by atoms with Crippen LogP contribution in [0.1, 0.15) is 70.3 Å². The molecule has 2 amide bonds. The number of hydrogen-bond acceptors (Lipinski definition) is 3. The topological polar surface area (TPSA) is 67.2 Å².